The summed E-state index contributed by atoms with van der Waals surface area (Å²) in [5.41, 5.74) is 2.08. The van der Waals surface area contributed by atoms with Crippen molar-refractivity contribution >= 4 is 52.3 Å². The van der Waals surface area contributed by atoms with Gasteiger partial charge in [-0.05, 0) is 44.2 Å². The molecular formula is C24H26Cl2N6O3. The van der Waals surface area contributed by atoms with E-state index in [9.17, 15) is 9.59 Å². The van der Waals surface area contributed by atoms with Crippen LogP contribution in [0.1, 0.15) is 29.6 Å². The molecule has 0 radical (unpaired) electrons. The summed E-state index contributed by atoms with van der Waals surface area (Å²) in [6.07, 6.45) is 4.99. The van der Waals surface area contributed by atoms with Gasteiger partial charge in [0.25, 0.3) is 5.91 Å². The van der Waals surface area contributed by atoms with Crippen LogP contribution in [0.4, 0.5) is 17.3 Å². The minimum atomic E-state index is -0.480. The Kier molecular flexibility index (Phi) is 7.90. The number of halogens is 2. The van der Waals surface area contributed by atoms with E-state index in [2.05, 4.69) is 25.5 Å². The molecule has 2 heterocycles. The van der Waals surface area contributed by atoms with E-state index in [-0.39, 0.29) is 23.3 Å². The van der Waals surface area contributed by atoms with Crippen LogP contribution in [0.15, 0.2) is 52.3 Å². The number of carbonyl (C=O) groups excluding carboxylic acids is 2. The first-order valence-corrected chi connectivity index (χ1v) is 11.9. The van der Waals surface area contributed by atoms with E-state index in [0.29, 0.717) is 35.1 Å². The number of allylic oxidation sites excluding steroid dienone is 3. The molecule has 0 atom stereocenters. The molecular weight excluding hydrogens is 491 g/mol. The van der Waals surface area contributed by atoms with E-state index in [1.54, 1.807) is 11.0 Å². The first kappa shape index (κ1) is 25.0. The molecule has 1 aromatic carbocycles. The van der Waals surface area contributed by atoms with Gasteiger partial charge in [-0.25, -0.2) is 4.98 Å². The summed E-state index contributed by atoms with van der Waals surface area (Å²) in [6.45, 7) is 2.23. The number of hydrogen-bond acceptors (Lipinski definition) is 7. The van der Waals surface area contributed by atoms with Gasteiger partial charge in [-0.1, -0.05) is 29.3 Å². The maximum Gasteiger partial charge on any atom is 0.262 e. The highest BCUT2D eigenvalue weighted by Crippen LogP contribution is 2.29. The Morgan fingerprint density at radius 2 is 1.89 bits per heavy atom. The van der Waals surface area contributed by atoms with Gasteiger partial charge in [-0.15, -0.1) is 0 Å². The third-order valence-electron chi connectivity index (χ3n) is 5.78. The molecule has 1 saturated heterocycles. The zero-order valence-electron chi connectivity index (χ0n) is 19.5. The van der Waals surface area contributed by atoms with Gasteiger partial charge in [0.05, 0.1) is 17.8 Å². The van der Waals surface area contributed by atoms with E-state index < -0.39 is 5.91 Å². The highest BCUT2D eigenvalue weighted by atomic mass is 35.5. The van der Waals surface area contributed by atoms with Gasteiger partial charge in [-0.2, -0.15) is 4.98 Å². The van der Waals surface area contributed by atoms with Gasteiger partial charge in [0.1, 0.15) is 5.56 Å². The summed E-state index contributed by atoms with van der Waals surface area (Å²) < 4.78 is 5.32. The fourth-order valence-corrected chi connectivity index (χ4v) is 4.36. The first-order chi connectivity index (χ1) is 16.9. The van der Waals surface area contributed by atoms with Crippen molar-refractivity contribution in [3.8, 4) is 5.88 Å². The molecule has 35 heavy (non-hydrogen) atoms. The van der Waals surface area contributed by atoms with Crippen molar-refractivity contribution in [2.24, 2.45) is 0 Å². The minimum absolute atomic E-state index is 0.100. The highest BCUT2D eigenvalue weighted by molar-refractivity contribution is 6.36. The maximum absolute atomic E-state index is 12.8. The summed E-state index contributed by atoms with van der Waals surface area (Å²) in [7, 11) is 3.44. The van der Waals surface area contributed by atoms with E-state index in [1.807, 2.05) is 31.3 Å². The molecule has 2 aliphatic rings. The molecule has 2 aromatic rings. The van der Waals surface area contributed by atoms with Crippen LogP contribution in [0.25, 0.3) is 0 Å². The van der Waals surface area contributed by atoms with Gasteiger partial charge in [0.15, 0.2) is 0 Å². The summed E-state index contributed by atoms with van der Waals surface area (Å²) >= 11 is 12.4. The fourth-order valence-electron chi connectivity index (χ4n) is 3.78. The summed E-state index contributed by atoms with van der Waals surface area (Å²) in [6, 6.07) is 7.45. The Morgan fingerprint density at radius 3 is 2.60 bits per heavy atom. The van der Waals surface area contributed by atoms with Gasteiger partial charge >= 0.3 is 0 Å². The van der Waals surface area contributed by atoms with E-state index in [1.165, 1.54) is 13.3 Å². The lowest BCUT2D eigenvalue weighted by molar-refractivity contribution is -0.118. The average molecular weight is 517 g/mol. The third-order valence-corrected chi connectivity index (χ3v) is 6.50. The standard InChI is InChI=1S/C24H26Cl2N6O3/c1-31-11-10-20(33)32(13-12-31)16-8-6-15(7-9-16)28-24-27-14-17(23(30-24)35-2)22(34)29-21-18(25)4-3-5-19(21)26/h4,6-9,14H,3,5,10-13H2,1-2H3,(H,29,34)(H,27,28,30). The molecule has 2 amide bonds. The van der Waals surface area contributed by atoms with Crippen molar-refractivity contribution in [3.63, 3.8) is 0 Å². The molecule has 0 saturated carbocycles. The number of methoxy groups -OCH3 is 1. The Morgan fingerprint density at radius 1 is 1.11 bits per heavy atom. The molecule has 4 rings (SSSR count). The summed E-state index contributed by atoms with van der Waals surface area (Å²) in [4.78, 5) is 37.8. The maximum atomic E-state index is 12.8. The Labute approximate surface area is 213 Å². The van der Waals surface area contributed by atoms with Crippen molar-refractivity contribution in [1.82, 2.24) is 20.2 Å². The SMILES string of the molecule is COc1nc(Nc2ccc(N3CCN(C)CCC3=O)cc2)ncc1C(=O)NC1=C(Cl)CCC=C1Cl. The summed E-state index contributed by atoms with van der Waals surface area (Å²) in [5.74, 6) is -0.0128. The Bertz CT molecular complexity index is 1180. The predicted molar refractivity (Wildman–Crippen MR) is 136 cm³/mol. The zero-order chi connectivity index (χ0) is 24.9. The second kappa shape index (κ2) is 11.1. The first-order valence-electron chi connectivity index (χ1n) is 11.2. The van der Waals surface area contributed by atoms with Crippen LogP contribution in [-0.4, -0.2) is 60.5 Å². The number of benzene rings is 1. The van der Waals surface area contributed by atoms with Crippen LogP contribution >= 0.6 is 23.2 Å². The number of nitrogens with one attached hydrogen (secondary N) is 2. The fraction of sp³-hybridized carbons (Fsp3) is 0.333. The number of ether oxygens (including phenoxy) is 1. The lowest BCUT2D eigenvalue weighted by atomic mass is 10.1. The van der Waals surface area contributed by atoms with E-state index in [0.717, 1.165) is 30.9 Å². The molecule has 0 bridgehead atoms. The van der Waals surface area contributed by atoms with Crippen molar-refractivity contribution in [1.29, 1.82) is 0 Å². The van der Waals surface area contributed by atoms with Gasteiger partial charge in [0.2, 0.25) is 17.7 Å². The second-order valence-corrected chi connectivity index (χ2v) is 9.08. The average Bonchev–Trinajstić information content (AvgIpc) is 3.02. The number of hydrogen-bond donors (Lipinski definition) is 2. The number of nitrogens with zero attached hydrogens (tertiary/aromatic N) is 4. The Balaban J connectivity index is 1.46. The van der Waals surface area contributed by atoms with Crippen LogP contribution in [0.3, 0.4) is 0 Å². The number of likely N-dealkylation sites (N-methyl/N-ethyl adjacent to an activating group) is 1. The van der Waals surface area contributed by atoms with Crippen LogP contribution in [0.2, 0.25) is 0 Å². The van der Waals surface area contributed by atoms with Crippen molar-refractivity contribution in [2.75, 3.05) is 44.0 Å². The topological polar surface area (TPSA) is 99.7 Å². The lowest BCUT2D eigenvalue weighted by Crippen LogP contribution is -2.32. The quantitative estimate of drug-likeness (QED) is 0.598. The molecule has 1 aromatic heterocycles. The van der Waals surface area contributed by atoms with Crippen molar-refractivity contribution in [3.05, 3.63) is 57.9 Å². The monoisotopic (exact) mass is 516 g/mol. The largest absolute Gasteiger partial charge is 0.480 e. The molecule has 9 nitrogen and oxygen atoms in total. The molecule has 0 spiro atoms. The summed E-state index contributed by atoms with van der Waals surface area (Å²) in [5, 5.41) is 6.70. The van der Waals surface area contributed by atoms with Gasteiger partial charge < -0.3 is 25.2 Å². The van der Waals surface area contributed by atoms with Crippen LogP contribution in [-0.2, 0) is 4.79 Å². The number of anilines is 3. The van der Waals surface area contributed by atoms with Crippen molar-refractivity contribution < 1.29 is 14.3 Å². The number of aromatic nitrogens is 2. The molecule has 184 valence electrons. The molecule has 0 unspecified atom stereocenters. The van der Waals surface area contributed by atoms with Crippen LogP contribution in [0.5, 0.6) is 5.88 Å². The van der Waals surface area contributed by atoms with E-state index in [4.69, 9.17) is 27.9 Å². The molecule has 1 aliphatic heterocycles. The number of amides is 2. The number of carbonyl (C=O) groups is 2. The lowest BCUT2D eigenvalue weighted by Gasteiger charge is -2.21. The second-order valence-electron chi connectivity index (χ2n) is 8.21. The van der Waals surface area contributed by atoms with Crippen LogP contribution in [0, 0.1) is 0 Å². The smallest absolute Gasteiger partial charge is 0.262 e. The molecule has 2 N–H and O–H groups in total. The molecule has 1 fully saturated rings. The predicted octanol–water partition coefficient (Wildman–Crippen LogP) is 3.99. The molecule has 1 aliphatic carbocycles. The van der Waals surface area contributed by atoms with E-state index >= 15 is 0 Å². The van der Waals surface area contributed by atoms with Gasteiger partial charge in [-0.3, -0.25) is 9.59 Å². The van der Waals surface area contributed by atoms with Crippen LogP contribution < -0.4 is 20.3 Å². The molecule has 11 heteroatoms. The third kappa shape index (κ3) is 5.93. The van der Waals surface area contributed by atoms with Gasteiger partial charge in [0, 0.05) is 48.7 Å². The normalized spacial score (nSPS) is 17.1. The van der Waals surface area contributed by atoms with Crippen molar-refractivity contribution in [2.45, 2.75) is 19.3 Å². The highest BCUT2D eigenvalue weighted by Gasteiger charge is 2.22. The number of rotatable bonds is 6. The zero-order valence-corrected chi connectivity index (χ0v) is 21.0. The Hall–Kier alpha value is -3.14. The minimum Gasteiger partial charge on any atom is -0.480 e.